The van der Waals surface area contributed by atoms with Gasteiger partial charge in [-0.05, 0) is 79.8 Å². The van der Waals surface area contributed by atoms with Gasteiger partial charge in [-0.15, -0.1) is 0 Å². The third-order valence-electron chi connectivity index (χ3n) is 6.71. The molecule has 1 heterocycles. The summed E-state index contributed by atoms with van der Waals surface area (Å²) in [4.78, 5) is 12.8. The van der Waals surface area contributed by atoms with Crippen molar-refractivity contribution in [3.05, 3.63) is 70.5 Å². The third kappa shape index (κ3) is 5.38. The van der Waals surface area contributed by atoms with E-state index in [2.05, 4.69) is 23.5 Å². The SMILES string of the molecule is C[C@@H](NC(=O)C1CCN(S(=O)(=O)Cc2ccc(F)cc2)CC1)c1ccc2c(c1)CCCC2. The van der Waals surface area contributed by atoms with Crippen molar-refractivity contribution in [1.29, 1.82) is 0 Å². The van der Waals surface area contributed by atoms with Crippen LogP contribution in [0.1, 0.15) is 60.9 Å². The average Bonchev–Trinajstić information content (AvgIpc) is 2.80. The van der Waals surface area contributed by atoms with Gasteiger partial charge in [-0.25, -0.2) is 17.1 Å². The van der Waals surface area contributed by atoms with E-state index in [9.17, 15) is 17.6 Å². The predicted molar refractivity (Wildman–Crippen MR) is 123 cm³/mol. The van der Waals surface area contributed by atoms with Gasteiger partial charge in [-0.2, -0.15) is 0 Å². The highest BCUT2D eigenvalue weighted by Gasteiger charge is 2.31. The summed E-state index contributed by atoms with van der Waals surface area (Å²) >= 11 is 0. The maximum atomic E-state index is 13.1. The lowest BCUT2D eigenvalue weighted by Crippen LogP contribution is -2.43. The Kier molecular flexibility index (Phi) is 6.96. The molecule has 0 spiro atoms. The van der Waals surface area contributed by atoms with E-state index < -0.39 is 10.0 Å². The smallest absolute Gasteiger partial charge is 0.223 e. The lowest BCUT2D eigenvalue weighted by molar-refractivity contribution is -0.126. The van der Waals surface area contributed by atoms with Gasteiger partial charge in [-0.3, -0.25) is 4.79 Å². The minimum absolute atomic E-state index is 0.00852. The summed E-state index contributed by atoms with van der Waals surface area (Å²) < 4.78 is 40.0. The number of rotatable bonds is 6. The molecule has 0 aromatic heterocycles. The van der Waals surface area contributed by atoms with Gasteiger partial charge in [0.25, 0.3) is 0 Å². The Labute approximate surface area is 190 Å². The molecule has 1 fully saturated rings. The van der Waals surface area contributed by atoms with Crippen molar-refractivity contribution >= 4 is 15.9 Å². The maximum Gasteiger partial charge on any atom is 0.223 e. The number of piperidine rings is 1. The molecular formula is C25H31FN2O3S. The molecule has 7 heteroatoms. The standard InChI is InChI=1S/C25H31FN2O3S/c1-18(22-9-8-20-4-2-3-5-23(20)16-22)27-25(29)21-12-14-28(15-13-21)32(30,31)17-19-6-10-24(26)11-7-19/h6-11,16,18,21H,2-5,12-15,17H2,1H3,(H,27,29)/t18-/m1/s1. The van der Waals surface area contributed by atoms with Crippen molar-refractivity contribution in [3.63, 3.8) is 0 Å². The van der Waals surface area contributed by atoms with Crippen LogP contribution in [-0.2, 0) is 33.4 Å². The maximum absolute atomic E-state index is 13.1. The fourth-order valence-electron chi connectivity index (χ4n) is 4.72. The van der Waals surface area contributed by atoms with Crippen LogP contribution in [0.3, 0.4) is 0 Å². The number of amides is 1. The van der Waals surface area contributed by atoms with Crippen molar-refractivity contribution in [1.82, 2.24) is 9.62 Å². The molecule has 0 radical (unpaired) electrons. The van der Waals surface area contributed by atoms with E-state index in [0.717, 1.165) is 18.4 Å². The van der Waals surface area contributed by atoms with Gasteiger partial charge in [0.15, 0.2) is 0 Å². The molecular weight excluding hydrogens is 427 g/mol. The van der Waals surface area contributed by atoms with Crippen LogP contribution in [0, 0.1) is 11.7 Å². The largest absolute Gasteiger partial charge is 0.349 e. The van der Waals surface area contributed by atoms with Gasteiger partial charge in [0.1, 0.15) is 5.82 Å². The van der Waals surface area contributed by atoms with E-state index in [0.29, 0.717) is 31.5 Å². The van der Waals surface area contributed by atoms with Gasteiger partial charge >= 0.3 is 0 Å². The second-order valence-corrected chi connectivity index (χ2v) is 11.0. The van der Waals surface area contributed by atoms with Gasteiger partial charge in [0.2, 0.25) is 15.9 Å². The second kappa shape index (κ2) is 9.71. The molecule has 0 bridgehead atoms. The molecule has 32 heavy (non-hydrogen) atoms. The highest BCUT2D eigenvalue weighted by atomic mass is 32.2. The van der Waals surface area contributed by atoms with Gasteiger partial charge < -0.3 is 5.32 Å². The van der Waals surface area contributed by atoms with Crippen LogP contribution in [0.4, 0.5) is 4.39 Å². The van der Waals surface area contributed by atoms with Crippen LogP contribution in [-0.4, -0.2) is 31.7 Å². The highest BCUT2D eigenvalue weighted by Crippen LogP contribution is 2.26. The molecule has 172 valence electrons. The van der Waals surface area contributed by atoms with Crippen LogP contribution in [0.25, 0.3) is 0 Å². The van der Waals surface area contributed by atoms with Gasteiger partial charge in [0.05, 0.1) is 11.8 Å². The zero-order valence-corrected chi connectivity index (χ0v) is 19.3. The van der Waals surface area contributed by atoms with Crippen LogP contribution in [0.15, 0.2) is 42.5 Å². The molecule has 5 nitrogen and oxygen atoms in total. The van der Waals surface area contributed by atoms with E-state index >= 15 is 0 Å². The quantitative estimate of drug-likeness (QED) is 0.708. The van der Waals surface area contributed by atoms with E-state index in [1.54, 1.807) is 0 Å². The molecule has 2 aliphatic rings. The topological polar surface area (TPSA) is 66.5 Å². The number of carbonyl (C=O) groups excluding carboxylic acids is 1. The molecule has 0 saturated carbocycles. The number of halogens is 1. The Balaban J connectivity index is 1.30. The Hall–Kier alpha value is -2.25. The Morgan fingerprint density at radius 2 is 1.72 bits per heavy atom. The average molecular weight is 459 g/mol. The fraction of sp³-hybridized carbons (Fsp3) is 0.480. The third-order valence-corrected chi connectivity index (χ3v) is 8.56. The minimum Gasteiger partial charge on any atom is -0.349 e. The first-order valence-corrected chi connectivity index (χ1v) is 13.1. The number of sulfonamides is 1. The fourth-order valence-corrected chi connectivity index (χ4v) is 6.28. The number of fused-ring (bicyclic) bond motifs is 1. The molecule has 1 amide bonds. The number of aryl methyl sites for hydroxylation is 2. The van der Waals surface area contributed by atoms with E-state index in [4.69, 9.17) is 0 Å². The molecule has 2 aromatic rings. The highest BCUT2D eigenvalue weighted by molar-refractivity contribution is 7.88. The zero-order chi connectivity index (χ0) is 22.7. The van der Waals surface area contributed by atoms with E-state index in [1.165, 1.54) is 52.5 Å². The predicted octanol–water partition coefficient (Wildman–Crippen LogP) is 4.12. The molecule has 1 N–H and O–H groups in total. The monoisotopic (exact) mass is 458 g/mol. The number of nitrogens with zero attached hydrogens (tertiary/aromatic N) is 1. The van der Waals surface area contributed by atoms with Crippen LogP contribution < -0.4 is 5.32 Å². The lowest BCUT2D eigenvalue weighted by atomic mass is 9.89. The van der Waals surface area contributed by atoms with E-state index in [-0.39, 0.29) is 29.4 Å². The van der Waals surface area contributed by atoms with Crippen molar-refractivity contribution in [2.24, 2.45) is 5.92 Å². The first kappa shape index (κ1) is 22.9. The molecule has 1 aliphatic heterocycles. The summed E-state index contributed by atoms with van der Waals surface area (Å²) in [5, 5.41) is 3.13. The van der Waals surface area contributed by atoms with Crippen molar-refractivity contribution in [3.8, 4) is 0 Å². The van der Waals surface area contributed by atoms with Crippen molar-refractivity contribution in [2.75, 3.05) is 13.1 Å². The van der Waals surface area contributed by atoms with Crippen LogP contribution >= 0.6 is 0 Å². The number of benzene rings is 2. The first-order chi connectivity index (χ1) is 15.3. The zero-order valence-electron chi connectivity index (χ0n) is 18.5. The van der Waals surface area contributed by atoms with E-state index in [1.807, 2.05) is 6.92 Å². The number of hydrogen-bond acceptors (Lipinski definition) is 3. The van der Waals surface area contributed by atoms with Gasteiger partial charge in [0, 0.05) is 19.0 Å². The Bertz CT molecular complexity index is 1060. The second-order valence-electron chi connectivity index (χ2n) is 9.02. The number of hydrogen-bond donors (Lipinski definition) is 1. The summed E-state index contributed by atoms with van der Waals surface area (Å²) in [7, 11) is -3.49. The summed E-state index contributed by atoms with van der Waals surface area (Å²) in [6.45, 7) is 2.66. The van der Waals surface area contributed by atoms with Crippen molar-refractivity contribution in [2.45, 2.75) is 57.2 Å². The van der Waals surface area contributed by atoms with Crippen LogP contribution in [0.2, 0.25) is 0 Å². The summed E-state index contributed by atoms with van der Waals surface area (Å²) in [5.74, 6) is -0.736. The molecule has 1 saturated heterocycles. The van der Waals surface area contributed by atoms with Crippen molar-refractivity contribution < 1.29 is 17.6 Å². The Morgan fingerprint density at radius 1 is 1.06 bits per heavy atom. The van der Waals surface area contributed by atoms with Gasteiger partial charge in [-0.1, -0.05) is 30.3 Å². The summed E-state index contributed by atoms with van der Waals surface area (Å²) in [6, 6.07) is 12.0. The lowest BCUT2D eigenvalue weighted by Gasteiger charge is -2.31. The van der Waals surface area contributed by atoms with Crippen LogP contribution in [0.5, 0.6) is 0 Å². The number of nitrogens with one attached hydrogen (secondary N) is 1. The molecule has 4 rings (SSSR count). The molecule has 1 atom stereocenters. The summed E-state index contributed by atoms with van der Waals surface area (Å²) in [5.41, 5.74) is 4.51. The Morgan fingerprint density at radius 3 is 2.41 bits per heavy atom. The summed E-state index contributed by atoms with van der Waals surface area (Å²) in [6.07, 6.45) is 5.72. The number of carbonyl (C=O) groups is 1. The first-order valence-electron chi connectivity index (χ1n) is 11.5. The molecule has 0 unspecified atom stereocenters. The molecule has 1 aliphatic carbocycles. The normalized spacial score (nSPS) is 18.7. The minimum atomic E-state index is -3.49. The molecule has 2 aromatic carbocycles.